The predicted octanol–water partition coefficient (Wildman–Crippen LogP) is 3.82. The molecular formula is C12H9BrClN5. The van der Waals surface area contributed by atoms with Gasteiger partial charge in [0.1, 0.15) is 5.52 Å². The number of nitrogens with one attached hydrogen (secondary N) is 2. The first-order valence-electron chi connectivity index (χ1n) is 5.52. The summed E-state index contributed by atoms with van der Waals surface area (Å²) in [5.41, 5.74) is 3.31. The lowest BCUT2D eigenvalue weighted by Crippen LogP contribution is -1.97. The van der Waals surface area contributed by atoms with Gasteiger partial charge in [0.25, 0.3) is 0 Å². The van der Waals surface area contributed by atoms with Crippen LogP contribution in [0.3, 0.4) is 0 Å². The lowest BCUT2D eigenvalue weighted by atomic mass is 10.2. The Morgan fingerprint density at radius 3 is 2.89 bits per heavy atom. The number of anilines is 2. The quantitative estimate of drug-likeness (QED) is 0.697. The third kappa shape index (κ3) is 2.54. The predicted molar refractivity (Wildman–Crippen MR) is 78.9 cm³/mol. The van der Waals surface area contributed by atoms with Crippen LogP contribution in [0.1, 0.15) is 5.56 Å². The molecule has 0 fully saturated rings. The highest BCUT2D eigenvalue weighted by Crippen LogP contribution is 2.25. The lowest BCUT2D eigenvalue weighted by Gasteiger charge is -2.08. The van der Waals surface area contributed by atoms with Crippen molar-refractivity contribution in [1.82, 2.24) is 19.9 Å². The molecule has 0 bridgehead atoms. The molecule has 0 saturated heterocycles. The Hall–Kier alpha value is -1.66. The van der Waals surface area contributed by atoms with Gasteiger partial charge in [-0.1, -0.05) is 15.9 Å². The van der Waals surface area contributed by atoms with E-state index in [1.54, 1.807) is 6.33 Å². The first-order valence-corrected chi connectivity index (χ1v) is 6.70. The number of halogens is 2. The zero-order valence-corrected chi connectivity index (χ0v) is 12.2. The van der Waals surface area contributed by atoms with Crippen molar-refractivity contribution < 1.29 is 0 Å². The minimum atomic E-state index is 0.161. The molecule has 1 aromatic carbocycles. The van der Waals surface area contributed by atoms with Crippen LogP contribution in [-0.2, 0) is 0 Å². The minimum absolute atomic E-state index is 0.161. The van der Waals surface area contributed by atoms with Gasteiger partial charge in [-0.15, -0.1) is 0 Å². The molecule has 0 saturated carbocycles. The van der Waals surface area contributed by atoms with Crippen molar-refractivity contribution in [2.24, 2.45) is 0 Å². The molecule has 19 heavy (non-hydrogen) atoms. The Labute approximate surface area is 122 Å². The molecule has 2 heterocycles. The van der Waals surface area contributed by atoms with Crippen molar-refractivity contribution in [3.63, 3.8) is 0 Å². The van der Waals surface area contributed by atoms with Crippen LogP contribution in [0.15, 0.2) is 29.0 Å². The highest BCUT2D eigenvalue weighted by Gasteiger charge is 2.09. The molecule has 0 atom stereocenters. The Balaban J connectivity index is 2.07. The van der Waals surface area contributed by atoms with E-state index < -0.39 is 0 Å². The maximum absolute atomic E-state index is 5.88. The molecule has 3 aromatic rings. The summed E-state index contributed by atoms with van der Waals surface area (Å²) in [7, 11) is 0. The van der Waals surface area contributed by atoms with Crippen molar-refractivity contribution in [3.8, 4) is 0 Å². The number of fused-ring (bicyclic) bond motifs is 1. The first kappa shape index (κ1) is 12.4. The number of aromatic nitrogens is 4. The molecular weight excluding hydrogens is 330 g/mol. The van der Waals surface area contributed by atoms with Crippen molar-refractivity contribution in [3.05, 3.63) is 39.8 Å². The average molecular weight is 339 g/mol. The number of imidazole rings is 1. The van der Waals surface area contributed by atoms with E-state index >= 15 is 0 Å². The highest BCUT2D eigenvalue weighted by molar-refractivity contribution is 9.10. The van der Waals surface area contributed by atoms with Gasteiger partial charge in [-0.25, -0.2) is 4.98 Å². The number of aryl methyl sites for hydroxylation is 1. The fourth-order valence-corrected chi connectivity index (χ4v) is 2.61. The van der Waals surface area contributed by atoms with Crippen LogP contribution in [0.25, 0.3) is 11.2 Å². The molecule has 96 valence electrons. The molecule has 0 radical (unpaired) electrons. The smallest absolute Gasteiger partial charge is 0.226 e. The largest absolute Gasteiger partial charge is 0.340 e. The number of H-pyrrole nitrogens is 1. The number of hydrogen-bond donors (Lipinski definition) is 2. The number of nitrogens with zero attached hydrogens (tertiary/aromatic N) is 3. The summed E-state index contributed by atoms with van der Waals surface area (Å²) in [5, 5.41) is 3.38. The second-order valence-electron chi connectivity index (χ2n) is 4.08. The summed E-state index contributed by atoms with van der Waals surface area (Å²) in [4.78, 5) is 15.3. The van der Waals surface area contributed by atoms with Crippen LogP contribution < -0.4 is 5.32 Å². The fraction of sp³-hybridized carbons (Fsp3) is 0.0833. The van der Waals surface area contributed by atoms with E-state index in [2.05, 4.69) is 41.2 Å². The maximum Gasteiger partial charge on any atom is 0.226 e. The van der Waals surface area contributed by atoms with Crippen molar-refractivity contribution in [1.29, 1.82) is 0 Å². The lowest BCUT2D eigenvalue weighted by molar-refractivity contribution is 1.20. The van der Waals surface area contributed by atoms with Crippen LogP contribution in [0, 0.1) is 6.92 Å². The molecule has 0 amide bonds. The third-order valence-electron chi connectivity index (χ3n) is 2.56. The molecule has 2 N–H and O–H groups in total. The molecule has 0 aliphatic rings. The average Bonchev–Trinajstić information content (AvgIpc) is 2.75. The Morgan fingerprint density at radius 2 is 2.11 bits per heavy atom. The van der Waals surface area contributed by atoms with Crippen LogP contribution in [0.5, 0.6) is 0 Å². The van der Waals surface area contributed by atoms with Crippen molar-refractivity contribution in [2.75, 3.05) is 5.32 Å². The summed E-state index contributed by atoms with van der Waals surface area (Å²) in [5.74, 6) is 0.602. The van der Waals surface area contributed by atoms with Gasteiger partial charge in [0, 0.05) is 10.2 Å². The summed E-state index contributed by atoms with van der Waals surface area (Å²) >= 11 is 9.35. The van der Waals surface area contributed by atoms with Gasteiger partial charge in [-0.2, -0.15) is 9.97 Å². The summed E-state index contributed by atoms with van der Waals surface area (Å²) < 4.78 is 0.996. The van der Waals surface area contributed by atoms with Crippen molar-refractivity contribution in [2.45, 2.75) is 6.92 Å². The van der Waals surface area contributed by atoms with E-state index in [-0.39, 0.29) is 5.28 Å². The second-order valence-corrected chi connectivity index (χ2v) is 5.34. The summed E-state index contributed by atoms with van der Waals surface area (Å²) in [6.07, 6.45) is 1.56. The van der Waals surface area contributed by atoms with Crippen LogP contribution in [0.4, 0.5) is 11.5 Å². The second kappa shape index (κ2) is 4.79. The zero-order valence-electron chi connectivity index (χ0n) is 9.91. The standard InChI is InChI=1S/C12H9BrClN5/c1-6-2-7(13)4-8(3-6)17-11-9-10(16-5-15-9)18-12(14)19-11/h2-5H,1H3,(H2,15,16,17,18,19). The molecule has 0 spiro atoms. The Morgan fingerprint density at radius 1 is 1.26 bits per heavy atom. The third-order valence-corrected chi connectivity index (χ3v) is 3.19. The molecule has 7 heteroatoms. The molecule has 0 aliphatic heterocycles. The van der Waals surface area contributed by atoms with Gasteiger partial charge in [-0.05, 0) is 42.3 Å². The number of benzene rings is 1. The normalized spacial score (nSPS) is 10.9. The molecule has 5 nitrogen and oxygen atoms in total. The zero-order chi connectivity index (χ0) is 13.4. The molecule has 0 aliphatic carbocycles. The van der Waals surface area contributed by atoms with Gasteiger partial charge in [0.2, 0.25) is 5.28 Å². The van der Waals surface area contributed by atoms with E-state index in [1.807, 2.05) is 25.1 Å². The van der Waals surface area contributed by atoms with E-state index in [9.17, 15) is 0 Å². The van der Waals surface area contributed by atoms with Crippen molar-refractivity contribution >= 4 is 50.2 Å². The molecule has 2 aromatic heterocycles. The number of hydrogen-bond acceptors (Lipinski definition) is 4. The summed E-state index contributed by atoms with van der Waals surface area (Å²) in [6.45, 7) is 2.02. The van der Waals surface area contributed by atoms with E-state index in [0.29, 0.717) is 11.5 Å². The van der Waals surface area contributed by atoms with Gasteiger partial charge < -0.3 is 10.3 Å². The number of rotatable bonds is 2. The van der Waals surface area contributed by atoms with E-state index in [4.69, 9.17) is 11.6 Å². The maximum atomic E-state index is 5.88. The fourth-order valence-electron chi connectivity index (χ4n) is 1.84. The van der Waals surface area contributed by atoms with Crippen LogP contribution in [-0.4, -0.2) is 19.9 Å². The summed E-state index contributed by atoms with van der Waals surface area (Å²) in [6, 6.07) is 6.01. The molecule has 3 rings (SSSR count). The topological polar surface area (TPSA) is 66.5 Å². The SMILES string of the molecule is Cc1cc(Br)cc(Nc2nc(Cl)nc3nc[nH]c23)c1. The Bertz CT molecular complexity index is 735. The minimum Gasteiger partial charge on any atom is -0.340 e. The monoisotopic (exact) mass is 337 g/mol. The van der Waals surface area contributed by atoms with Crippen LogP contribution in [0.2, 0.25) is 5.28 Å². The highest BCUT2D eigenvalue weighted by atomic mass is 79.9. The molecule has 0 unspecified atom stereocenters. The Kier molecular flexibility index (Phi) is 3.12. The van der Waals surface area contributed by atoms with Gasteiger partial charge in [0.15, 0.2) is 11.5 Å². The number of aromatic amines is 1. The van der Waals surface area contributed by atoms with E-state index in [1.165, 1.54) is 0 Å². The van der Waals surface area contributed by atoms with E-state index in [0.717, 1.165) is 21.2 Å². The first-order chi connectivity index (χ1) is 9.11. The van der Waals surface area contributed by atoms with Crippen LogP contribution >= 0.6 is 27.5 Å². The van der Waals surface area contributed by atoms with Gasteiger partial charge in [-0.3, -0.25) is 0 Å². The van der Waals surface area contributed by atoms with Gasteiger partial charge in [0.05, 0.1) is 6.33 Å². The van der Waals surface area contributed by atoms with Gasteiger partial charge >= 0.3 is 0 Å².